The van der Waals surface area contributed by atoms with Gasteiger partial charge in [-0.2, -0.15) is 5.10 Å². The minimum Gasteiger partial charge on any atom is -0.479 e. The first-order valence-electron chi connectivity index (χ1n) is 6.84. The van der Waals surface area contributed by atoms with Crippen LogP contribution < -0.4 is 10.1 Å². The van der Waals surface area contributed by atoms with Gasteiger partial charge in [0, 0.05) is 16.6 Å². The lowest BCUT2D eigenvalue weighted by molar-refractivity contribution is -0.122. The fourth-order valence-corrected chi connectivity index (χ4v) is 2.59. The molecular weight excluding hydrogens is 370 g/mol. The molecule has 0 bridgehead atoms. The van der Waals surface area contributed by atoms with Gasteiger partial charge in [-0.1, -0.05) is 27.5 Å². The summed E-state index contributed by atoms with van der Waals surface area (Å²) in [6.07, 6.45) is 0.960. The molecule has 0 spiro atoms. The molecule has 118 valence electrons. The molecule has 22 heavy (non-hydrogen) atoms. The molecule has 0 fully saturated rings. The average molecular weight is 387 g/mol. The summed E-state index contributed by atoms with van der Waals surface area (Å²) in [7, 11) is 0. The van der Waals surface area contributed by atoms with E-state index in [2.05, 4.69) is 26.3 Å². The fraction of sp³-hybridized carbons (Fsp3) is 0.333. The first-order valence-corrected chi connectivity index (χ1v) is 8.01. The van der Waals surface area contributed by atoms with Gasteiger partial charge in [0.2, 0.25) is 0 Å². The number of ether oxygens (including phenoxy) is 1. The van der Waals surface area contributed by atoms with E-state index in [0.717, 1.165) is 4.47 Å². The van der Waals surface area contributed by atoms with Crippen LogP contribution in [0.15, 0.2) is 34.9 Å². The highest BCUT2D eigenvalue weighted by Gasteiger charge is 2.18. The Labute approximate surface area is 142 Å². The Hall–Kier alpha value is -1.53. The van der Waals surface area contributed by atoms with E-state index in [9.17, 15) is 4.79 Å². The van der Waals surface area contributed by atoms with Gasteiger partial charge in [0.15, 0.2) is 6.10 Å². The predicted molar refractivity (Wildman–Crippen MR) is 90.5 cm³/mol. The van der Waals surface area contributed by atoms with Gasteiger partial charge >= 0.3 is 0 Å². The SMILES string of the molecule is CC(C)n1nccc1NC(=O)[C@H](C)Oc1ccc(Br)cc1Cl. The number of hydrogen-bond donors (Lipinski definition) is 1. The molecule has 2 aromatic rings. The number of rotatable bonds is 5. The van der Waals surface area contributed by atoms with E-state index in [1.54, 1.807) is 42.1 Å². The number of nitrogens with one attached hydrogen (secondary N) is 1. The van der Waals surface area contributed by atoms with Crippen LogP contribution in [-0.4, -0.2) is 21.8 Å². The Morgan fingerprint density at radius 2 is 2.09 bits per heavy atom. The summed E-state index contributed by atoms with van der Waals surface area (Å²) in [5, 5.41) is 7.42. The standard InChI is InChI=1S/C15H17BrClN3O2/c1-9(2)20-14(6-7-18-20)19-15(21)10(3)22-13-5-4-11(16)8-12(13)17/h4-10H,1-3H3,(H,19,21)/t10-/m0/s1. The predicted octanol–water partition coefficient (Wildman–Crippen LogP) is 4.29. The van der Waals surface area contributed by atoms with Crippen LogP contribution in [0.4, 0.5) is 5.82 Å². The highest BCUT2D eigenvalue weighted by molar-refractivity contribution is 9.10. The Balaban J connectivity index is 2.04. The third-order valence-electron chi connectivity index (χ3n) is 2.98. The molecule has 1 atom stereocenters. The van der Waals surface area contributed by atoms with E-state index in [0.29, 0.717) is 16.6 Å². The van der Waals surface area contributed by atoms with E-state index < -0.39 is 6.10 Å². The lowest BCUT2D eigenvalue weighted by atomic mass is 10.3. The number of halogens is 2. The topological polar surface area (TPSA) is 56.2 Å². The third-order valence-corrected chi connectivity index (χ3v) is 3.77. The zero-order chi connectivity index (χ0) is 16.3. The number of carbonyl (C=O) groups is 1. The molecule has 0 radical (unpaired) electrons. The maximum atomic E-state index is 12.2. The smallest absolute Gasteiger partial charge is 0.266 e. The van der Waals surface area contributed by atoms with Crippen LogP contribution in [0.25, 0.3) is 0 Å². The number of carbonyl (C=O) groups excluding carboxylic acids is 1. The summed E-state index contributed by atoms with van der Waals surface area (Å²) in [4.78, 5) is 12.2. The van der Waals surface area contributed by atoms with Crippen molar-refractivity contribution in [3.8, 4) is 5.75 Å². The number of amides is 1. The van der Waals surface area contributed by atoms with Gasteiger partial charge in [-0.15, -0.1) is 0 Å². The molecule has 1 amide bonds. The molecule has 2 rings (SSSR count). The van der Waals surface area contributed by atoms with Crippen molar-refractivity contribution in [2.45, 2.75) is 32.9 Å². The van der Waals surface area contributed by atoms with Crippen LogP contribution >= 0.6 is 27.5 Å². The van der Waals surface area contributed by atoms with E-state index in [-0.39, 0.29) is 11.9 Å². The average Bonchev–Trinajstić information content (AvgIpc) is 2.90. The first kappa shape index (κ1) is 16.8. The van der Waals surface area contributed by atoms with Crippen molar-refractivity contribution in [3.63, 3.8) is 0 Å². The van der Waals surface area contributed by atoms with Gasteiger partial charge in [-0.3, -0.25) is 4.79 Å². The van der Waals surface area contributed by atoms with Crippen molar-refractivity contribution < 1.29 is 9.53 Å². The maximum Gasteiger partial charge on any atom is 0.266 e. The molecule has 7 heteroatoms. The summed E-state index contributed by atoms with van der Waals surface area (Å²) in [6.45, 7) is 5.65. The monoisotopic (exact) mass is 385 g/mol. The molecular formula is C15H17BrClN3O2. The summed E-state index contributed by atoms with van der Waals surface area (Å²) >= 11 is 9.41. The lowest BCUT2D eigenvalue weighted by Crippen LogP contribution is -2.31. The lowest BCUT2D eigenvalue weighted by Gasteiger charge is -2.17. The van der Waals surface area contributed by atoms with Crippen LogP contribution in [0.2, 0.25) is 5.02 Å². The minimum atomic E-state index is -0.686. The van der Waals surface area contributed by atoms with Gasteiger partial charge in [-0.25, -0.2) is 4.68 Å². The number of aromatic nitrogens is 2. The summed E-state index contributed by atoms with van der Waals surface area (Å²) in [5.74, 6) is 0.837. The van der Waals surface area contributed by atoms with Crippen LogP contribution in [0.5, 0.6) is 5.75 Å². The Bertz CT molecular complexity index is 673. The molecule has 0 aliphatic rings. The second-order valence-corrected chi connectivity index (χ2v) is 6.40. The molecule has 0 unspecified atom stereocenters. The summed E-state index contributed by atoms with van der Waals surface area (Å²) in [6, 6.07) is 7.14. The number of hydrogen-bond acceptors (Lipinski definition) is 3. The number of benzene rings is 1. The highest BCUT2D eigenvalue weighted by Crippen LogP contribution is 2.28. The van der Waals surface area contributed by atoms with Gasteiger partial charge in [0.25, 0.3) is 5.91 Å². The van der Waals surface area contributed by atoms with Crippen LogP contribution in [-0.2, 0) is 4.79 Å². The van der Waals surface area contributed by atoms with Crippen molar-refractivity contribution in [2.24, 2.45) is 0 Å². The van der Waals surface area contributed by atoms with Gasteiger partial charge in [-0.05, 0) is 39.0 Å². The third kappa shape index (κ3) is 4.01. The molecule has 1 aromatic carbocycles. The van der Waals surface area contributed by atoms with Crippen LogP contribution in [0.3, 0.4) is 0 Å². The number of nitrogens with zero attached hydrogens (tertiary/aromatic N) is 2. The van der Waals surface area contributed by atoms with Crippen molar-refractivity contribution in [3.05, 3.63) is 40.0 Å². The molecule has 0 saturated carbocycles. The van der Waals surface area contributed by atoms with Crippen molar-refractivity contribution >= 4 is 39.3 Å². The van der Waals surface area contributed by atoms with Gasteiger partial charge < -0.3 is 10.1 Å². The fourth-order valence-electron chi connectivity index (χ4n) is 1.87. The summed E-state index contributed by atoms with van der Waals surface area (Å²) in [5.41, 5.74) is 0. The van der Waals surface area contributed by atoms with Crippen molar-refractivity contribution in [1.82, 2.24) is 9.78 Å². The zero-order valence-corrected chi connectivity index (χ0v) is 14.9. The Morgan fingerprint density at radius 3 is 2.73 bits per heavy atom. The molecule has 1 heterocycles. The highest BCUT2D eigenvalue weighted by atomic mass is 79.9. The van der Waals surface area contributed by atoms with Crippen molar-refractivity contribution in [2.75, 3.05) is 5.32 Å². The molecule has 1 aromatic heterocycles. The molecule has 0 saturated heterocycles. The molecule has 5 nitrogen and oxygen atoms in total. The Morgan fingerprint density at radius 1 is 1.36 bits per heavy atom. The second-order valence-electron chi connectivity index (χ2n) is 5.08. The summed E-state index contributed by atoms with van der Waals surface area (Å²) < 4.78 is 8.20. The Kier molecular flexibility index (Phi) is 5.47. The molecule has 1 N–H and O–H groups in total. The largest absolute Gasteiger partial charge is 0.479 e. The van der Waals surface area contributed by atoms with Crippen LogP contribution in [0, 0.1) is 0 Å². The van der Waals surface area contributed by atoms with E-state index >= 15 is 0 Å². The van der Waals surface area contributed by atoms with Gasteiger partial charge in [0.1, 0.15) is 11.6 Å². The maximum absolute atomic E-state index is 12.2. The molecule has 0 aliphatic carbocycles. The van der Waals surface area contributed by atoms with E-state index in [4.69, 9.17) is 16.3 Å². The quantitative estimate of drug-likeness (QED) is 0.834. The second kappa shape index (κ2) is 7.15. The van der Waals surface area contributed by atoms with Crippen molar-refractivity contribution in [1.29, 1.82) is 0 Å². The zero-order valence-electron chi connectivity index (χ0n) is 12.5. The molecule has 0 aliphatic heterocycles. The first-order chi connectivity index (χ1) is 10.4. The van der Waals surface area contributed by atoms with E-state index in [1.165, 1.54) is 0 Å². The van der Waals surface area contributed by atoms with Gasteiger partial charge in [0.05, 0.1) is 11.2 Å². The van der Waals surface area contributed by atoms with Crippen LogP contribution in [0.1, 0.15) is 26.8 Å². The number of anilines is 1. The normalized spacial score (nSPS) is 12.3. The minimum absolute atomic E-state index is 0.155. The van der Waals surface area contributed by atoms with E-state index in [1.807, 2.05) is 13.8 Å².